The SMILES string of the molecule is O=C(c1cc2ccccc2o1)N1CCN(c2ccc(C3CC3)nn2)CC1. The molecular weight excluding hydrogens is 328 g/mol. The molecule has 6 nitrogen and oxygen atoms in total. The van der Waals surface area contributed by atoms with Gasteiger partial charge in [-0.25, -0.2) is 0 Å². The number of hydrogen-bond acceptors (Lipinski definition) is 5. The number of hydrogen-bond donors (Lipinski definition) is 0. The van der Waals surface area contributed by atoms with Crippen LogP contribution in [-0.2, 0) is 0 Å². The molecule has 1 saturated carbocycles. The van der Waals surface area contributed by atoms with Gasteiger partial charge >= 0.3 is 0 Å². The van der Waals surface area contributed by atoms with Crippen LogP contribution in [0.2, 0.25) is 0 Å². The molecule has 3 aromatic rings. The molecule has 0 atom stereocenters. The Hall–Kier alpha value is -2.89. The van der Waals surface area contributed by atoms with E-state index in [1.54, 1.807) is 0 Å². The van der Waals surface area contributed by atoms with Crippen LogP contribution < -0.4 is 4.90 Å². The van der Waals surface area contributed by atoms with Gasteiger partial charge in [-0.15, -0.1) is 5.10 Å². The van der Waals surface area contributed by atoms with Crippen LogP contribution in [0.4, 0.5) is 5.82 Å². The molecule has 1 aliphatic heterocycles. The van der Waals surface area contributed by atoms with E-state index in [-0.39, 0.29) is 5.91 Å². The Morgan fingerprint density at radius 2 is 1.81 bits per heavy atom. The summed E-state index contributed by atoms with van der Waals surface area (Å²) in [6.45, 7) is 2.82. The van der Waals surface area contributed by atoms with Crippen molar-refractivity contribution in [3.63, 3.8) is 0 Å². The Bertz CT molecular complexity index is 905. The van der Waals surface area contributed by atoms with Gasteiger partial charge < -0.3 is 14.2 Å². The Morgan fingerprint density at radius 1 is 1.00 bits per heavy atom. The van der Waals surface area contributed by atoms with Crippen molar-refractivity contribution >= 4 is 22.7 Å². The molecule has 0 bridgehead atoms. The van der Waals surface area contributed by atoms with Gasteiger partial charge in [0.1, 0.15) is 5.58 Å². The monoisotopic (exact) mass is 348 g/mol. The summed E-state index contributed by atoms with van der Waals surface area (Å²) in [6, 6.07) is 13.7. The molecule has 1 aromatic carbocycles. The van der Waals surface area contributed by atoms with Gasteiger partial charge in [-0.3, -0.25) is 4.79 Å². The smallest absolute Gasteiger partial charge is 0.289 e. The van der Waals surface area contributed by atoms with E-state index in [4.69, 9.17) is 4.42 Å². The molecule has 26 heavy (non-hydrogen) atoms. The van der Waals surface area contributed by atoms with Crippen molar-refractivity contribution in [3.8, 4) is 0 Å². The molecule has 2 fully saturated rings. The van der Waals surface area contributed by atoms with Gasteiger partial charge in [-0.05, 0) is 37.1 Å². The van der Waals surface area contributed by atoms with Crippen molar-refractivity contribution in [2.45, 2.75) is 18.8 Å². The number of benzene rings is 1. The van der Waals surface area contributed by atoms with Crippen LogP contribution in [0, 0.1) is 0 Å². The summed E-state index contributed by atoms with van der Waals surface area (Å²) >= 11 is 0. The summed E-state index contributed by atoms with van der Waals surface area (Å²) in [6.07, 6.45) is 2.47. The molecule has 2 aromatic heterocycles. The average molecular weight is 348 g/mol. The molecule has 6 heteroatoms. The predicted octanol–water partition coefficient (Wildman–Crippen LogP) is 3.06. The maximum absolute atomic E-state index is 12.7. The molecule has 0 spiro atoms. The molecule has 1 saturated heterocycles. The second-order valence-corrected chi connectivity index (χ2v) is 7.02. The number of fused-ring (bicyclic) bond motifs is 1. The summed E-state index contributed by atoms with van der Waals surface area (Å²) in [7, 11) is 0. The highest BCUT2D eigenvalue weighted by atomic mass is 16.3. The minimum atomic E-state index is -0.0454. The van der Waals surface area contributed by atoms with Crippen molar-refractivity contribution in [1.29, 1.82) is 0 Å². The summed E-state index contributed by atoms with van der Waals surface area (Å²) in [5.74, 6) is 1.88. The van der Waals surface area contributed by atoms with Crippen molar-refractivity contribution in [3.05, 3.63) is 53.9 Å². The lowest BCUT2D eigenvalue weighted by Crippen LogP contribution is -2.49. The summed E-state index contributed by atoms with van der Waals surface area (Å²) in [5, 5.41) is 9.69. The van der Waals surface area contributed by atoms with Gasteiger partial charge in [0.05, 0.1) is 5.69 Å². The number of anilines is 1. The highest BCUT2D eigenvalue weighted by Crippen LogP contribution is 2.38. The number of nitrogens with zero attached hydrogens (tertiary/aromatic N) is 4. The van der Waals surface area contributed by atoms with E-state index in [1.165, 1.54) is 12.8 Å². The van der Waals surface area contributed by atoms with Crippen molar-refractivity contribution in [1.82, 2.24) is 15.1 Å². The first-order chi connectivity index (χ1) is 12.8. The van der Waals surface area contributed by atoms with Gasteiger partial charge in [0.2, 0.25) is 0 Å². The third-order valence-electron chi connectivity index (χ3n) is 5.19. The Balaban J connectivity index is 1.25. The standard InChI is InChI=1S/C20H20N4O2/c25-20(18-13-15-3-1-2-4-17(15)26-18)24-11-9-23(10-12-24)19-8-7-16(21-22-19)14-5-6-14/h1-4,7-8,13-14H,5-6,9-12H2. The van der Waals surface area contributed by atoms with Gasteiger partial charge in [0.15, 0.2) is 11.6 Å². The first-order valence-corrected chi connectivity index (χ1v) is 9.14. The maximum Gasteiger partial charge on any atom is 0.289 e. The van der Waals surface area contributed by atoms with Crippen LogP contribution in [0.15, 0.2) is 46.9 Å². The Morgan fingerprint density at radius 3 is 2.50 bits per heavy atom. The zero-order valence-corrected chi connectivity index (χ0v) is 14.5. The second-order valence-electron chi connectivity index (χ2n) is 7.02. The maximum atomic E-state index is 12.7. The van der Waals surface area contributed by atoms with E-state index in [0.717, 1.165) is 35.6 Å². The first kappa shape index (κ1) is 15.4. The molecule has 5 rings (SSSR count). The fourth-order valence-electron chi connectivity index (χ4n) is 3.48. The van der Waals surface area contributed by atoms with Gasteiger partial charge in [-0.2, -0.15) is 5.10 Å². The lowest BCUT2D eigenvalue weighted by Gasteiger charge is -2.34. The fraction of sp³-hybridized carbons (Fsp3) is 0.350. The van der Waals surface area contributed by atoms with E-state index < -0.39 is 0 Å². The second kappa shape index (κ2) is 6.12. The third kappa shape index (κ3) is 2.81. The summed E-state index contributed by atoms with van der Waals surface area (Å²) < 4.78 is 5.71. The lowest BCUT2D eigenvalue weighted by molar-refractivity contribution is 0.0717. The van der Waals surface area contributed by atoms with Crippen molar-refractivity contribution in [2.75, 3.05) is 31.1 Å². The number of para-hydroxylation sites is 1. The quantitative estimate of drug-likeness (QED) is 0.728. The summed E-state index contributed by atoms with van der Waals surface area (Å²) in [5.41, 5.74) is 1.85. The number of piperazine rings is 1. The normalized spacial score (nSPS) is 17.7. The van der Waals surface area contributed by atoms with Gasteiger partial charge in [0, 0.05) is 37.5 Å². The minimum absolute atomic E-state index is 0.0454. The predicted molar refractivity (Wildman–Crippen MR) is 98.3 cm³/mol. The fourth-order valence-corrected chi connectivity index (χ4v) is 3.48. The zero-order valence-electron chi connectivity index (χ0n) is 14.5. The van der Waals surface area contributed by atoms with Crippen molar-refractivity contribution in [2.24, 2.45) is 0 Å². The van der Waals surface area contributed by atoms with Crippen LogP contribution in [0.3, 0.4) is 0 Å². The Kier molecular flexibility index (Phi) is 3.62. The number of carbonyl (C=O) groups is 1. The topological polar surface area (TPSA) is 62.5 Å². The van der Waals surface area contributed by atoms with Crippen LogP contribution >= 0.6 is 0 Å². The van der Waals surface area contributed by atoms with Crippen LogP contribution in [0.5, 0.6) is 0 Å². The largest absolute Gasteiger partial charge is 0.451 e. The molecule has 0 unspecified atom stereocenters. The van der Waals surface area contributed by atoms with Crippen LogP contribution in [0.1, 0.15) is 35.0 Å². The van der Waals surface area contributed by atoms with Crippen LogP contribution in [-0.4, -0.2) is 47.2 Å². The highest BCUT2D eigenvalue weighted by molar-refractivity contribution is 5.96. The molecule has 2 aliphatic rings. The number of amides is 1. The molecule has 0 N–H and O–H groups in total. The zero-order chi connectivity index (χ0) is 17.5. The third-order valence-corrected chi connectivity index (χ3v) is 5.19. The minimum Gasteiger partial charge on any atom is -0.451 e. The van der Waals surface area contributed by atoms with Crippen LogP contribution in [0.25, 0.3) is 11.0 Å². The van der Waals surface area contributed by atoms with Gasteiger partial charge in [0.25, 0.3) is 5.91 Å². The van der Waals surface area contributed by atoms with Crippen molar-refractivity contribution < 1.29 is 9.21 Å². The molecule has 132 valence electrons. The molecule has 1 aliphatic carbocycles. The average Bonchev–Trinajstić information content (AvgIpc) is 3.46. The lowest BCUT2D eigenvalue weighted by atomic mass is 10.2. The van der Waals surface area contributed by atoms with E-state index in [9.17, 15) is 4.79 Å². The van der Waals surface area contributed by atoms with Gasteiger partial charge in [-0.1, -0.05) is 18.2 Å². The Labute approximate surface area is 151 Å². The molecule has 1 amide bonds. The first-order valence-electron chi connectivity index (χ1n) is 9.14. The molecule has 0 radical (unpaired) electrons. The number of furan rings is 1. The highest BCUT2D eigenvalue weighted by Gasteiger charge is 2.27. The van der Waals surface area contributed by atoms with E-state index in [2.05, 4.69) is 27.2 Å². The molecule has 3 heterocycles. The number of carbonyl (C=O) groups excluding carboxylic acids is 1. The number of aromatic nitrogens is 2. The molecular formula is C20H20N4O2. The van der Waals surface area contributed by atoms with E-state index >= 15 is 0 Å². The van der Waals surface area contributed by atoms with E-state index in [1.807, 2.05) is 35.2 Å². The van der Waals surface area contributed by atoms with E-state index in [0.29, 0.717) is 24.8 Å². The number of rotatable bonds is 3. The summed E-state index contributed by atoms with van der Waals surface area (Å²) in [4.78, 5) is 16.8.